The summed E-state index contributed by atoms with van der Waals surface area (Å²) in [4.78, 5) is 9.18. The normalized spacial score (nSPS) is 14.9. The number of methoxy groups -OCH3 is 2. The largest absolute Gasteiger partial charge is 0.495 e. The van der Waals surface area contributed by atoms with Crippen LogP contribution in [-0.4, -0.2) is 73.9 Å². The number of nitrogens with one attached hydrogen (secondary N) is 1. The van der Waals surface area contributed by atoms with E-state index in [9.17, 15) is 5.26 Å². The molecule has 0 bridgehead atoms. The number of aromatic nitrogens is 1. The van der Waals surface area contributed by atoms with Crippen LogP contribution in [0.15, 0.2) is 30.5 Å². The van der Waals surface area contributed by atoms with E-state index in [1.54, 1.807) is 19.2 Å². The summed E-state index contributed by atoms with van der Waals surface area (Å²) in [5.41, 5.74) is 2.09. The second-order valence-electron chi connectivity index (χ2n) is 8.59. The molecule has 3 aromatic rings. The van der Waals surface area contributed by atoms with Gasteiger partial charge in [-0.1, -0.05) is 30.1 Å². The molecule has 0 amide bonds. The Bertz CT molecular complexity index is 1290. The lowest BCUT2D eigenvalue weighted by molar-refractivity contribution is -0.00647. The van der Waals surface area contributed by atoms with E-state index < -0.39 is 0 Å². The molecule has 3 N–H and O–H groups in total. The summed E-state index contributed by atoms with van der Waals surface area (Å²) in [5, 5.41) is 14.5. The van der Waals surface area contributed by atoms with Gasteiger partial charge in [0.25, 0.3) is 0 Å². The molecule has 1 saturated heterocycles. The van der Waals surface area contributed by atoms with Gasteiger partial charge in [0.05, 0.1) is 46.7 Å². The Hall–Kier alpha value is -3.00. The van der Waals surface area contributed by atoms with Crippen LogP contribution in [0.4, 0.5) is 11.4 Å². The first kappa shape index (κ1) is 28.6. The highest BCUT2D eigenvalue weighted by Gasteiger charge is 2.24. The molecule has 0 spiro atoms. The summed E-state index contributed by atoms with van der Waals surface area (Å²) in [6.45, 7) is 5.99. The second kappa shape index (κ2) is 12.5. The Balaban J connectivity index is 0.00000380. The van der Waals surface area contributed by atoms with E-state index >= 15 is 0 Å². The summed E-state index contributed by atoms with van der Waals surface area (Å²) in [6, 6.07) is 9.16. The maximum Gasteiger partial charge on any atom is 0.165 e. The van der Waals surface area contributed by atoms with Gasteiger partial charge in [-0.15, -0.1) is 0 Å². The van der Waals surface area contributed by atoms with Gasteiger partial charge < -0.3 is 29.9 Å². The number of benzene rings is 2. The van der Waals surface area contributed by atoms with Crippen LogP contribution in [-0.2, 0) is 0 Å². The average molecular weight is 548 g/mol. The van der Waals surface area contributed by atoms with Crippen molar-refractivity contribution in [3.05, 3.63) is 46.1 Å². The monoisotopic (exact) mass is 547 g/mol. The van der Waals surface area contributed by atoms with E-state index in [0.717, 1.165) is 32.6 Å². The zero-order chi connectivity index (χ0) is 25.8. The van der Waals surface area contributed by atoms with Crippen molar-refractivity contribution in [3.8, 4) is 23.3 Å². The molecule has 0 radical (unpaired) electrons. The molecule has 1 aromatic heterocycles. The van der Waals surface area contributed by atoms with Crippen LogP contribution in [0.3, 0.4) is 0 Å². The number of ether oxygens (including phenoxy) is 3. The molecule has 4 rings (SSSR count). The molecule has 1 aliphatic heterocycles. The van der Waals surface area contributed by atoms with Crippen LogP contribution in [0.5, 0.6) is 17.2 Å². The second-order valence-corrected chi connectivity index (χ2v) is 9.40. The maximum absolute atomic E-state index is 9.79. The number of piperazine rings is 1. The van der Waals surface area contributed by atoms with Gasteiger partial charge in [-0.25, -0.2) is 0 Å². The van der Waals surface area contributed by atoms with Crippen LogP contribution < -0.4 is 19.5 Å². The average Bonchev–Trinajstić information content (AvgIpc) is 2.88. The highest BCUT2D eigenvalue weighted by molar-refractivity contribution is 6.37. The number of likely N-dealkylation sites (N-methyl/N-ethyl adjacent to an activating group) is 1. The standard InChI is InChI=1S/C26H29Cl2N5O3.H2O/c1-5-25(33-8-6-32(2)7-9-33)36-24-12-20-17(10-23(24)35-4)26(16(14-29)15-30-20)31-21-13-22(34-3)19(28)11-18(21)27;/h10-13,15,25H,5-9H2,1-4H3,(H,30,31);1H2. The number of pyridine rings is 1. The predicted octanol–water partition coefficient (Wildman–Crippen LogP) is 4.71. The molecule has 1 atom stereocenters. The first-order valence-corrected chi connectivity index (χ1v) is 12.4. The SMILES string of the molecule is CCC(Oc1cc2ncc(C#N)c(Nc3cc(OC)c(Cl)cc3Cl)c2cc1OC)N1CCN(C)CC1.O. The molecule has 2 heterocycles. The van der Waals surface area contributed by atoms with Crippen molar-refractivity contribution in [2.75, 3.05) is 52.8 Å². The van der Waals surface area contributed by atoms with Crippen molar-refractivity contribution in [1.82, 2.24) is 14.8 Å². The number of rotatable bonds is 8. The van der Waals surface area contributed by atoms with Crippen molar-refractivity contribution in [2.24, 2.45) is 0 Å². The Labute approximate surface area is 226 Å². The first-order valence-electron chi connectivity index (χ1n) is 11.7. The van der Waals surface area contributed by atoms with Crippen LogP contribution in [0.2, 0.25) is 10.0 Å². The summed E-state index contributed by atoms with van der Waals surface area (Å²) in [7, 11) is 5.26. The zero-order valence-electron chi connectivity index (χ0n) is 21.3. The predicted molar refractivity (Wildman–Crippen MR) is 147 cm³/mol. The Kier molecular flexibility index (Phi) is 9.65. The quantitative estimate of drug-likeness (QED) is 0.431. The third kappa shape index (κ3) is 6.12. The topological polar surface area (TPSA) is 114 Å². The molecule has 1 unspecified atom stereocenters. The van der Waals surface area contributed by atoms with Crippen LogP contribution in [0.25, 0.3) is 10.9 Å². The minimum atomic E-state index is -0.0821. The molecule has 2 aromatic carbocycles. The molecule has 1 fully saturated rings. The number of anilines is 2. The number of hydrogen-bond acceptors (Lipinski definition) is 8. The highest BCUT2D eigenvalue weighted by Crippen LogP contribution is 2.40. The van der Waals surface area contributed by atoms with E-state index in [-0.39, 0.29) is 11.7 Å². The lowest BCUT2D eigenvalue weighted by Gasteiger charge is -2.37. The summed E-state index contributed by atoms with van der Waals surface area (Å²) < 4.78 is 17.5. The van der Waals surface area contributed by atoms with Crippen molar-refractivity contribution >= 4 is 45.5 Å². The smallest absolute Gasteiger partial charge is 0.165 e. The van der Waals surface area contributed by atoms with Crippen molar-refractivity contribution < 1.29 is 19.7 Å². The minimum absolute atomic E-state index is 0. The fraction of sp³-hybridized carbons (Fsp3) is 0.385. The Morgan fingerprint density at radius 3 is 2.35 bits per heavy atom. The number of fused-ring (bicyclic) bond motifs is 1. The minimum Gasteiger partial charge on any atom is -0.495 e. The van der Waals surface area contributed by atoms with Crippen LogP contribution in [0.1, 0.15) is 18.9 Å². The van der Waals surface area contributed by atoms with E-state index in [2.05, 4.69) is 40.1 Å². The molecule has 0 aliphatic carbocycles. The fourth-order valence-electron chi connectivity index (χ4n) is 4.26. The lowest BCUT2D eigenvalue weighted by atomic mass is 10.1. The molecule has 198 valence electrons. The van der Waals surface area contributed by atoms with E-state index in [0.29, 0.717) is 55.1 Å². The van der Waals surface area contributed by atoms with Gasteiger partial charge in [0.1, 0.15) is 11.8 Å². The van der Waals surface area contributed by atoms with Gasteiger partial charge in [0.2, 0.25) is 0 Å². The van der Waals surface area contributed by atoms with Crippen molar-refractivity contribution in [3.63, 3.8) is 0 Å². The molecule has 37 heavy (non-hydrogen) atoms. The van der Waals surface area contributed by atoms with Gasteiger partial charge in [0.15, 0.2) is 17.7 Å². The zero-order valence-corrected chi connectivity index (χ0v) is 22.8. The van der Waals surface area contributed by atoms with Gasteiger partial charge in [-0.3, -0.25) is 9.88 Å². The van der Waals surface area contributed by atoms with Crippen molar-refractivity contribution in [2.45, 2.75) is 19.6 Å². The van der Waals surface area contributed by atoms with E-state index in [1.807, 2.05) is 12.1 Å². The molecule has 1 aliphatic rings. The Morgan fingerprint density at radius 2 is 1.73 bits per heavy atom. The third-order valence-corrected chi connectivity index (χ3v) is 6.94. The summed E-state index contributed by atoms with van der Waals surface area (Å²) in [6.07, 6.45) is 2.27. The molecule has 9 nitrogen and oxygen atoms in total. The first-order chi connectivity index (χ1) is 17.4. The third-order valence-electron chi connectivity index (χ3n) is 6.33. The van der Waals surface area contributed by atoms with Gasteiger partial charge >= 0.3 is 0 Å². The van der Waals surface area contributed by atoms with E-state index in [1.165, 1.54) is 13.3 Å². The number of nitrogens with zero attached hydrogens (tertiary/aromatic N) is 4. The molecular weight excluding hydrogens is 517 g/mol. The maximum atomic E-state index is 9.79. The molecular formula is C26H31Cl2N5O4. The highest BCUT2D eigenvalue weighted by atomic mass is 35.5. The number of halogens is 2. The molecule has 11 heteroatoms. The van der Waals surface area contributed by atoms with Crippen molar-refractivity contribution in [1.29, 1.82) is 5.26 Å². The van der Waals surface area contributed by atoms with Gasteiger partial charge in [-0.2, -0.15) is 5.26 Å². The summed E-state index contributed by atoms with van der Waals surface area (Å²) >= 11 is 12.6. The lowest BCUT2D eigenvalue weighted by Crippen LogP contribution is -2.50. The number of nitriles is 1. The Morgan fingerprint density at radius 1 is 1.03 bits per heavy atom. The van der Waals surface area contributed by atoms with Gasteiger partial charge in [0, 0.05) is 49.9 Å². The molecule has 0 saturated carbocycles. The van der Waals surface area contributed by atoms with Gasteiger partial charge in [-0.05, 0) is 25.6 Å². The fourth-order valence-corrected chi connectivity index (χ4v) is 4.77. The van der Waals surface area contributed by atoms with E-state index in [4.69, 9.17) is 37.4 Å². The summed E-state index contributed by atoms with van der Waals surface area (Å²) in [5.74, 6) is 1.61. The van der Waals surface area contributed by atoms with Crippen LogP contribution >= 0.6 is 23.2 Å². The van der Waals surface area contributed by atoms with Crippen LogP contribution in [0, 0.1) is 11.3 Å². The number of hydrogen-bond donors (Lipinski definition) is 1.